The minimum absolute atomic E-state index is 0.0152. The van der Waals surface area contributed by atoms with E-state index in [1.54, 1.807) is 36.7 Å². The van der Waals surface area contributed by atoms with Crippen molar-refractivity contribution in [2.75, 3.05) is 5.73 Å². The van der Waals surface area contributed by atoms with Gasteiger partial charge in [0.1, 0.15) is 11.5 Å². The molecular weight excluding hydrogens is 322 g/mol. The zero-order chi connectivity index (χ0) is 17.8. The predicted molar refractivity (Wildman–Crippen MR) is 94.0 cm³/mol. The highest BCUT2D eigenvalue weighted by Gasteiger charge is 2.05. The van der Waals surface area contributed by atoms with E-state index in [1.807, 2.05) is 19.1 Å². The quantitative estimate of drug-likeness (QED) is 0.436. The summed E-state index contributed by atoms with van der Waals surface area (Å²) in [7, 11) is 0. The fourth-order valence-corrected chi connectivity index (χ4v) is 2.16. The van der Waals surface area contributed by atoms with Gasteiger partial charge in [-0.3, -0.25) is 10.1 Å². The number of benzene rings is 2. The SMILES string of the molecule is Cc1cn(N=Cc2cccc(Oc3ccc([N+](=O)[O-])cc3)c2)c(N)n1. The first kappa shape index (κ1) is 16.2. The van der Waals surface area contributed by atoms with Crippen molar-refractivity contribution < 1.29 is 9.66 Å². The molecule has 8 nitrogen and oxygen atoms in total. The summed E-state index contributed by atoms with van der Waals surface area (Å²) in [5.41, 5.74) is 7.34. The van der Waals surface area contributed by atoms with Crippen LogP contribution in [0.4, 0.5) is 11.6 Å². The average Bonchev–Trinajstić information content (AvgIpc) is 2.91. The van der Waals surface area contributed by atoms with Crippen molar-refractivity contribution >= 4 is 17.9 Å². The highest BCUT2D eigenvalue weighted by Crippen LogP contribution is 2.24. The van der Waals surface area contributed by atoms with Crippen molar-refractivity contribution in [3.63, 3.8) is 0 Å². The summed E-state index contributed by atoms with van der Waals surface area (Å²) in [6, 6.07) is 13.2. The van der Waals surface area contributed by atoms with Crippen LogP contribution >= 0.6 is 0 Å². The molecule has 0 spiro atoms. The van der Waals surface area contributed by atoms with Crippen LogP contribution in [0.15, 0.2) is 59.8 Å². The van der Waals surface area contributed by atoms with Gasteiger partial charge in [-0.25, -0.2) is 9.66 Å². The summed E-state index contributed by atoms with van der Waals surface area (Å²) in [5.74, 6) is 1.41. The molecule has 0 saturated carbocycles. The van der Waals surface area contributed by atoms with Crippen molar-refractivity contribution in [1.29, 1.82) is 0 Å². The third-order valence-corrected chi connectivity index (χ3v) is 3.31. The lowest BCUT2D eigenvalue weighted by Gasteiger charge is -2.06. The van der Waals surface area contributed by atoms with Gasteiger partial charge in [0.25, 0.3) is 5.69 Å². The Hall–Kier alpha value is -3.68. The zero-order valence-corrected chi connectivity index (χ0v) is 13.4. The molecule has 3 aromatic rings. The number of nitro groups is 1. The van der Waals surface area contributed by atoms with Gasteiger partial charge >= 0.3 is 0 Å². The van der Waals surface area contributed by atoms with E-state index in [4.69, 9.17) is 10.5 Å². The molecule has 126 valence electrons. The third kappa shape index (κ3) is 3.99. The smallest absolute Gasteiger partial charge is 0.269 e. The van der Waals surface area contributed by atoms with Gasteiger partial charge in [-0.15, -0.1) is 0 Å². The molecule has 0 aliphatic rings. The van der Waals surface area contributed by atoms with Crippen LogP contribution in [0.1, 0.15) is 11.3 Å². The number of nitrogens with zero attached hydrogens (tertiary/aromatic N) is 4. The molecular formula is C17H15N5O3. The van der Waals surface area contributed by atoms with Gasteiger partial charge in [0, 0.05) is 12.1 Å². The molecule has 1 heterocycles. The Kier molecular flexibility index (Phi) is 4.42. The Labute approximate surface area is 143 Å². The van der Waals surface area contributed by atoms with Gasteiger partial charge < -0.3 is 10.5 Å². The summed E-state index contributed by atoms with van der Waals surface area (Å²) >= 11 is 0. The first-order valence-corrected chi connectivity index (χ1v) is 7.39. The highest BCUT2D eigenvalue weighted by atomic mass is 16.6. The van der Waals surface area contributed by atoms with Crippen molar-refractivity contribution in [2.45, 2.75) is 6.92 Å². The lowest BCUT2D eigenvalue weighted by molar-refractivity contribution is -0.384. The van der Waals surface area contributed by atoms with Gasteiger partial charge in [-0.2, -0.15) is 5.10 Å². The molecule has 0 bridgehead atoms. The lowest BCUT2D eigenvalue weighted by Crippen LogP contribution is -1.97. The second-order valence-corrected chi connectivity index (χ2v) is 5.26. The number of anilines is 1. The fraction of sp³-hybridized carbons (Fsp3) is 0.0588. The molecule has 2 N–H and O–H groups in total. The predicted octanol–water partition coefficient (Wildman–Crippen LogP) is 3.36. The van der Waals surface area contributed by atoms with Crippen LogP contribution < -0.4 is 10.5 Å². The number of aryl methyl sites for hydroxylation is 1. The zero-order valence-electron chi connectivity index (χ0n) is 13.4. The topological polar surface area (TPSA) is 109 Å². The molecule has 0 radical (unpaired) electrons. The number of nitrogens with two attached hydrogens (primary N) is 1. The Bertz CT molecular complexity index is 932. The van der Waals surface area contributed by atoms with Crippen LogP contribution in [0, 0.1) is 17.0 Å². The van der Waals surface area contributed by atoms with E-state index in [0.29, 0.717) is 17.4 Å². The molecule has 0 aliphatic heterocycles. The lowest BCUT2D eigenvalue weighted by atomic mass is 10.2. The molecule has 2 aromatic carbocycles. The number of aromatic nitrogens is 2. The van der Waals surface area contributed by atoms with E-state index < -0.39 is 4.92 Å². The monoisotopic (exact) mass is 337 g/mol. The molecule has 8 heteroatoms. The first-order chi connectivity index (χ1) is 12.0. The largest absolute Gasteiger partial charge is 0.457 e. The summed E-state index contributed by atoms with van der Waals surface area (Å²) < 4.78 is 7.19. The number of nitrogen functional groups attached to an aromatic ring is 1. The van der Waals surface area contributed by atoms with Crippen LogP contribution in [0.25, 0.3) is 0 Å². The maximum Gasteiger partial charge on any atom is 0.269 e. The molecule has 0 saturated heterocycles. The molecule has 1 aromatic heterocycles. The Balaban J connectivity index is 1.75. The van der Waals surface area contributed by atoms with E-state index in [1.165, 1.54) is 16.8 Å². The Morgan fingerprint density at radius 2 is 2.00 bits per heavy atom. The number of ether oxygens (including phenoxy) is 1. The Morgan fingerprint density at radius 3 is 2.64 bits per heavy atom. The maximum absolute atomic E-state index is 10.7. The summed E-state index contributed by atoms with van der Waals surface area (Å²) in [5, 5.41) is 14.9. The van der Waals surface area contributed by atoms with E-state index in [0.717, 1.165) is 11.3 Å². The number of hydrogen-bond acceptors (Lipinski definition) is 6. The van der Waals surface area contributed by atoms with Crippen molar-refractivity contribution in [3.8, 4) is 11.5 Å². The normalized spacial score (nSPS) is 10.9. The minimum Gasteiger partial charge on any atom is -0.457 e. The van der Waals surface area contributed by atoms with Crippen LogP contribution in [0.3, 0.4) is 0 Å². The van der Waals surface area contributed by atoms with Crippen molar-refractivity contribution in [2.24, 2.45) is 5.10 Å². The number of imidazole rings is 1. The maximum atomic E-state index is 10.7. The molecule has 25 heavy (non-hydrogen) atoms. The fourth-order valence-electron chi connectivity index (χ4n) is 2.16. The third-order valence-electron chi connectivity index (χ3n) is 3.31. The van der Waals surface area contributed by atoms with Gasteiger partial charge in [-0.1, -0.05) is 12.1 Å². The molecule has 3 rings (SSSR count). The van der Waals surface area contributed by atoms with Gasteiger partial charge in [0.2, 0.25) is 5.95 Å². The van der Waals surface area contributed by atoms with Gasteiger partial charge in [0.15, 0.2) is 0 Å². The molecule has 0 unspecified atom stereocenters. The van der Waals surface area contributed by atoms with E-state index >= 15 is 0 Å². The first-order valence-electron chi connectivity index (χ1n) is 7.39. The van der Waals surface area contributed by atoms with E-state index in [-0.39, 0.29) is 5.69 Å². The van der Waals surface area contributed by atoms with Gasteiger partial charge in [0.05, 0.1) is 23.0 Å². The average molecular weight is 337 g/mol. The molecule has 0 aliphatic carbocycles. The second kappa shape index (κ2) is 6.83. The van der Waals surface area contributed by atoms with Crippen LogP contribution in [0.2, 0.25) is 0 Å². The summed E-state index contributed by atoms with van der Waals surface area (Å²) in [4.78, 5) is 14.3. The number of hydrogen-bond donors (Lipinski definition) is 1. The molecule has 0 atom stereocenters. The van der Waals surface area contributed by atoms with E-state index in [2.05, 4.69) is 10.1 Å². The molecule has 0 fully saturated rings. The van der Waals surface area contributed by atoms with Crippen LogP contribution in [-0.2, 0) is 0 Å². The minimum atomic E-state index is -0.454. The summed E-state index contributed by atoms with van der Waals surface area (Å²) in [6.45, 7) is 1.83. The Morgan fingerprint density at radius 1 is 1.24 bits per heavy atom. The van der Waals surface area contributed by atoms with Crippen molar-refractivity contribution in [1.82, 2.24) is 9.66 Å². The number of nitro benzene ring substituents is 1. The van der Waals surface area contributed by atoms with Crippen molar-refractivity contribution in [3.05, 3.63) is 76.1 Å². The highest BCUT2D eigenvalue weighted by molar-refractivity contribution is 5.80. The van der Waals surface area contributed by atoms with E-state index in [9.17, 15) is 10.1 Å². The number of rotatable bonds is 5. The second-order valence-electron chi connectivity index (χ2n) is 5.26. The van der Waals surface area contributed by atoms with Crippen LogP contribution in [-0.4, -0.2) is 20.8 Å². The van der Waals surface area contributed by atoms with Crippen LogP contribution in [0.5, 0.6) is 11.5 Å². The number of non-ortho nitro benzene ring substituents is 1. The van der Waals surface area contributed by atoms with Gasteiger partial charge in [-0.05, 0) is 36.8 Å². The summed E-state index contributed by atoms with van der Waals surface area (Å²) in [6.07, 6.45) is 3.36. The standard InChI is InChI=1S/C17H15N5O3/c1-12-11-21(17(18)20-12)19-10-13-3-2-4-16(9-13)25-15-7-5-14(6-8-15)22(23)24/h2-11H,1H3,(H2,18,20). The molecule has 0 amide bonds.